The summed E-state index contributed by atoms with van der Waals surface area (Å²) in [6, 6.07) is 13.1. The Hall–Kier alpha value is -3.55. The quantitative estimate of drug-likeness (QED) is 0.439. The third kappa shape index (κ3) is 3.73. The van der Waals surface area contributed by atoms with Crippen molar-refractivity contribution in [2.75, 3.05) is 0 Å². The molecule has 4 aromatic rings. The lowest BCUT2D eigenvalue weighted by atomic mass is 9.99. The molecule has 2 aromatic heterocycles. The van der Waals surface area contributed by atoms with Gasteiger partial charge in [0.2, 0.25) is 5.82 Å². The van der Waals surface area contributed by atoms with E-state index in [0.717, 1.165) is 47.0 Å². The number of tetrazole rings is 1. The van der Waals surface area contributed by atoms with Crippen molar-refractivity contribution < 1.29 is 9.90 Å². The predicted octanol–water partition coefficient (Wildman–Crippen LogP) is 4.09. The van der Waals surface area contributed by atoms with Crippen molar-refractivity contribution in [3.63, 3.8) is 0 Å². The number of fused-ring (bicyclic) bond motifs is 1. The van der Waals surface area contributed by atoms with Crippen molar-refractivity contribution in [2.45, 2.75) is 38.6 Å². The van der Waals surface area contributed by atoms with E-state index in [0.29, 0.717) is 12.2 Å². The summed E-state index contributed by atoms with van der Waals surface area (Å²) >= 11 is 0. The zero-order chi connectivity index (χ0) is 20.2. The number of nitrogens with zero attached hydrogens (tertiary/aromatic N) is 5. The van der Waals surface area contributed by atoms with Crippen LogP contribution in [0.4, 0.5) is 0 Å². The Kier molecular flexibility index (Phi) is 5.33. The van der Waals surface area contributed by atoms with Gasteiger partial charge in [-0.25, -0.2) is 9.78 Å². The summed E-state index contributed by atoms with van der Waals surface area (Å²) in [5.74, 6) is -0.306. The number of rotatable bonds is 8. The van der Waals surface area contributed by atoms with Crippen molar-refractivity contribution in [3.05, 3.63) is 48.8 Å². The Balaban J connectivity index is 1.72. The lowest BCUT2D eigenvalue weighted by Crippen LogP contribution is -2.18. The van der Waals surface area contributed by atoms with E-state index >= 15 is 0 Å². The highest BCUT2D eigenvalue weighted by atomic mass is 16.4. The van der Waals surface area contributed by atoms with E-state index < -0.39 is 12.0 Å². The first kappa shape index (κ1) is 18.8. The number of nitrogens with one attached hydrogen (secondary N) is 1. The molecular formula is C21H22N6O2. The molecule has 0 saturated heterocycles. The van der Waals surface area contributed by atoms with Gasteiger partial charge in [0.25, 0.3) is 0 Å². The van der Waals surface area contributed by atoms with E-state index in [1.54, 1.807) is 10.9 Å². The number of unbranched alkanes of at least 4 members (excludes halogenated alkanes) is 2. The van der Waals surface area contributed by atoms with Crippen molar-refractivity contribution in [3.8, 4) is 22.5 Å². The number of hydrogen-bond acceptors (Lipinski definition) is 5. The molecule has 0 aliphatic heterocycles. The predicted molar refractivity (Wildman–Crippen MR) is 109 cm³/mol. The zero-order valence-corrected chi connectivity index (χ0v) is 16.1. The Morgan fingerprint density at radius 3 is 2.72 bits per heavy atom. The van der Waals surface area contributed by atoms with Crippen LogP contribution >= 0.6 is 0 Å². The molecule has 29 heavy (non-hydrogen) atoms. The molecule has 0 spiro atoms. The van der Waals surface area contributed by atoms with Gasteiger partial charge in [0, 0.05) is 5.56 Å². The Labute approximate surface area is 167 Å². The Morgan fingerprint density at radius 1 is 1.17 bits per heavy atom. The summed E-state index contributed by atoms with van der Waals surface area (Å²) in [5, 5.41) is 24.0. The van der Waals surface area contributed by atoms with E-state index in [1.807, 2.05) is 42.5 Å². The molecule has 2 N–H and O–H groups in total. The SMILES string of the molecule is CCCCCC(C(=O)O)n1cnc2cc(-c3ccccc3-c3nn[nH]n3)ccc21. The zero-order valence-electron chi connectivity index (χ0n) is 16.1. The number of carboxylic acids is 1. The van der Waals surface area contributed by atoms with Gasteiger partial charge < -0.3 is 9.67 Å². The van der Waals surface area contributed by atoms with Gasteiger partial charge in [-0.05, 0) is 34.9 Å². The molecule has 1 unspecified atom stereocenters. The van der Waals surface area contributed by atoms with Gasteiger partial charge in [-0.1, -0.05) is 56.5 Å². The summed E-state index contributed by atoms with van der Waals surface area (Å²) < 4.78 is 1.77. The largest absolute Gasteiger partial charge is 0.480 e. The number of hydrogen-bond donors (Lipinski definition) is 2. The van der Waals surface area contributed by atoms with Crippen molar-refractivity contribution in [1.29, 1.82) is 0 Å². The average Bonchev–Trinajstić information content (AvgIpc) is 3.41. The third-order valence-electron chi connectivity index (χ3n) is 5.10. The number of benzene rings is 2. The van der Waals surface area contributed by atoms with Crippen molar-refractivity contribution in [1.82, 2.24) is 30.2 Å². The number of carboxylic acid groups (broad SMARTS) is 1. The van der Waals surface area contributed by atoms with Crippen LogP contribution in [0.1, 0.15) is 38.6 Å². The summed E-state index contributed by atoms with van der Waals surface area (Å²) in [4.78, 5) is 16.3. The summed E-state index contributed by atoms with van der Waals surface area (Å²) in [6.07, 6.45) is 5.18. The minimum absolute atomic E-state index is 0.521. The number of imidazole rings is 1. The number of aromatic nitrogens is 6. The fraction of sp³-hybridized carbons (Fsp3) is 0.286. The molecule has 0 aliphatic rings. The molecule has 4 rings (SSSR count). The second kappa shape index (κ2) is 8.22. The van der Waals surface area contributed by atoms with Gasteiger partial charge in [0.1, 0.15) is 6.04 Å². The monoisotopic (exact) mass is 390 g/mol. The first-order chi connectivity index (χ1) is 14.2. The highest BCUT2D eigenvalue weighted by molar-refractivity contribution is 5.88. The van der Waals surface area contributed by atoms with E-state index in [4.69, 9.17) is 0 Å². The molecule has 8 nitrogen and oxygen atoms in total. The maximum atomic E-state index is 11.8. The highest BCUT2D eigenvalue weighted by Gasteiger charge is 2.21. The first-order valence-corrected chi connectivity index (χ1v) is 9.71. The van der Waals surface area contributed by atoms with Crippen molar-refractivity contribution in [2.24, 2.45) is 0 Å². The van der Waals surface area contributed by atoms with Crippen LogP contribution in [0.15, 0.2) is 48.8 Å². The molecule has 0 radical (unpaired) electrons. The first-order valence-electron chi connectivity index (χ1n) is 9.71. The van der Waals surface area contributed by atoms with Gasteiger partial charge in [0.15, 0.2) is 0 Å². The molecular weight excluding hydrogens is 368 g/mol. The smallest absolute Gasteiger partial charge is 0.326 e. The fourth-order valence-corrected chi connectivity index (χ4v) is 3.62. The number of H-pyrrole nitrogens is 1. The highest BCUT2D eigenvalue weighted by Crippen LogP contribution is 2.32. The summed E-state index contributed by atoms with van der Waals surface area (Å²) in [5.41, 5.74) is 4.36. The van der Waals surface area contributed by atoms with Crippen LogP contribution in [-0.4, -0.2) is 41.3 Å². The van der Waals surface area contributed by atoms with Crippen LogP contribution in [0.2, 0.25) is 0 Å². The third-order valence-corrected chi connectivity index (χ3v) is 5.10. The molecule has 148 valence electrons. The minimum atomic E-state index is -0.827. The molecule has 8 heteroatoms. The number of aromatic amines is 1. The summed E-state index contributed by atoms with van der Waals surface area (Å²) in [7, 11) is 0. The average molecular weight is 390 g/mol. The fourth-order valence-electron chi connectivity index (χ4n) is 3.62. The topological polar surface area (TPSA) is 110 Å². The van der Waals surface area contributed by atoms with E-state index in [2.05, 4.69) is 32.5 Å². The number of carbonyl (C=O) groups is 1. The normalized spacial score (nSPS) is 12.3. The minimum Gasteiger partial charge on any atom is -0.480 e. The standard InChI is InChI=1S/C21H22N6O2/c1-2-3-4-9-19(21(28)29)27-13-22-17-12-14(10-11-18(17)27)15-7-5-6-8-16(15)20-23-25-26-24-20/h5-8,10-13,19H,2-4,9H2,1H3,(H,28,29)(H,23,24,25,26). The van der Waals surface area contributed by atoms with Gasteiger partial charge in [-0.2, -0.15) is 5.21 Å². The molecule has 0 fully saturated rings. The van der Waals surface area contributed by atoms with Gasteiger partial charge in [-0.15, -0.1) is 10.2 Å². The van der Waals surface area contributed by atoms with Crippen LogP contribution in [-0.2, 0) is 4.79 Å². The van der Waals surface area contributed by atoms with Crippen molar-refractivity contribution >= 4 is 17.0 Å². The summed E-state index contributed by atoms with van der Waals surface area (Å²) in [6.45, 7) is 2.11. The van der Waals surface area contributed by atoms with Crippen LogP contribution in [0, 0.1) is 0 Å². The second-order valence-electron chi connectivity index (χ2n) is 6.99. The molecule has 0 bridgehead atoms. The number of aliphatic carboxylic acids is 1. The van der Waals surface area contributed by atoms with E-state index in [9.17, 15) is 9.90 Å². The van der Waals surface area contributed by atoms with Gasteiger partial charge in [-0.3, -0.25) is 0 Å². The molecule has 2 heterocycles. The van der Waals surface area contributed by atoms with Crippen LogP contribution in [0.5, 0.6) is 0 Å². The molecule has 1 atom stereocenters. The molecule has 0 amide bonds. The van der Waals surface area contributed by atoms with Gasteiger partial charge in [0.05, 0.1) is 17.4 Å². The van der Waals surface area contributed by atoms with Gasteiger partial charge >= 0.3 is 5.97 Å². The maximum Gasteiger partial charge on any atom is 0.326 e. The Morgan fingerprint density at radius 2 is 2.00 bits per heavy atom. The second-order valence-corrected chi connectivity index (χ2v) is 6.99. The van der Waals surface area contributed by atoms with E-state index in [-0.39, 0.29) is 0 Å². The van der Waals surface area contributed by atoms with E-state index in [1.165, 1.54) is 0 Å². The van der Waals surface area contributed by atoms with Crippen LogP contribution < -0.4 is 0 Å². The lowest BCUT2D eigenvalue weighted by molar-refractivity contribution is -0.141. The van der Waals surface area contributed by atoms with Crippen LogP contribution in [0.3, 0.4) is 0 Å². The molecule has 0 aliphatic carbocycles. The molecule has 2 aromatic carbocycles. The lowest BCUT2D eigenvalue weighted by Gasteiger charge is -2.15. The van der Waals surface area contributed by atoms with Crippen LogP contribution in [0.25, 0.3) is 33.5 Å². The molecule has 0 saturated carbocycles. The maximum absolute atomic E-state index is 11.8. The Bertz CT molecular complexity index is 1120.